The molecule has 0 bridgehead atoms. The van der Waals surface area contributed by atoms with Gasteiger partial charge in [-0.3, -0.25) is 14.9 Å². The fraction of sp³-hybridized carbons (Fsp3) is 0.286. The number of aryl methyl sites for hydroxylation is 1. The van der Waals surface area contributed by atoms with E-state index in [9.17, 15) is 14.9 Å². The minimum atomic E-state index is -0.463. The van der Waals surface area contributed by atoms with Crippen molar-refractivity contribution in [3.63, 3.8) is 0 Å². The van der Waals surface area contributed by atoms with Crippen LogP contribution in [-0.4, -0.2) is 36.2 Å². The second-order valence-electron chi connectivity index (χ2n) is 6.65. The smallest absolute Gasteiger partial charge is 0.276 e. The van der Waals surface area contributed by atoms with Crippen molar-refractivity contribution in [2.24, 2.45) is 0 Å². The number of methoxy groups -OCH3 is 2. The molecule has 30 heavy (non-hydrogen) atoms. The maximum absolute atomic E-state index is 12.9. The summed E-state index contributed by atoms with van der Waals surface area (Å²) in [5.74, 6) is 0.491. The normalized spacial score (nSPS) is 10.7. The van der Waals surface area contributed by atoms with Gasteiger partial charge in [-0.05, 0) is 44.0 Å². The standard InChI is InChI=1S/C21H23N3O5S/c1-13-14(2)30-21(23-9-5-6-10-23)19(13)20(25)22-8-7-15-11-17(28-3)18(29-4)12-16(15)24(26)27/h5-6,9-12H,7-8H2,1-4H3,(H,22,25). The number of thiophene rings is 1. The minimum absolute atomic E-state index is 0.0718. The van der Waals surface area contributed by atoms with Crippen LogP contribution in [0, 0.1) is 24.0 Å². The molecule has 9 heteroatoms. The summed E-state index contributed by atoms with van der Waals surface area (Å²) in [7, 11) is 2.90. The van der Waals surface area contributed by atoms with Crippen molar-refractivity contribution in [3.8, 4) is 16.5 Å². The van der Waals surface area contributed by atoms with E-state index in [4.69, 9.17) is 9.47 Å². The molecule has 0 spiro atoms. The molecule has 0 unspecified atom stereocenters. The fourth-order valence-electron chi connectivity index (χ4n) is 3.21. The molecule has 0 saturated heterocycles. The quantitative estimate of drug-likeness (QED) is 0.430. The SMILES string of the molecule is COc1cc(CCNC(=O)c2c(-n3cccc3)sc(C)c2C)c([N+](=O)[O-])cc1OC. The van der Waals surface area contributed by atoms with Crippen LogP contribution in [0.25, 0.3) is 5.00 Å². The molecule has 0 aliphatic rings. The van der Waals surface area contributed by atoms with E-state index in [0.717, 1.165) is 15.4 Å². The van der Waals surface area contributed by atoms with Crippen LogP contribution in [0.1, 0.15) is 26.4 Å². The van der Waals surface area contributed by atoms with E-state index in [2.05, 4.69) is 5.32 Å². The van der Waals surface area contributed by atoms with Crippen molar-refractivity contribution >= 4 is 22.9 Å². The highest BCUT2D eigenvalue weighted by atomic mass is 32.1. The van der Waals surface area contributed by atoms with E-state index in [1.807, 2.05) is 42.9 Å². The summed E-state index contributed by atoms with van der Waals surface area (Å²) in [4.78, 5) is 25.0. The summed E-state index contributed by atoms with van der Waals surface area (Å²) < 4.78 is 12.3. The molecule has 0 saturated carbocycles. The van der Waals surface area contributed by atoms with Crippen molar-refractivity contribution in [1.29, 1.82) is 0 Å². The molecular weight excluding hydrogens is 406 g/mol. The number of nitro benzene ring substituents is 1. The van der Waals surface area contributed by atoms with Gasteiger partial charge >= 0.3 is 0 Å². The van der Waals surface area contributed by atoms with Crippen LogP contribution in [0.15, 0.2) is 36.7 Å². The number of hydrogen-bond donors (Lipinski definition) is 1. The van der Waals surface area contributed by atoms with Gasteiger partial charge in [-0.15, -0.1) is 11.3 Å². The van der Waals surface area contributed by atoms with Gasteiger partial charge in [0.15, 0.2) is 11.5 Å². The predicted molar refractivity (Wildman–Crippen MR) is 115 cm³/mol. The van der Waals surface area contributed by atoms with Crippen LogP contribution in [0.2, 0.25) is 0 Å². The number of ether oxygens (including phenoxy) is 2. The van der Waals surface area contributed by atoms with Gasteiger partial charge in [0, 0.05) is 29.4 Å². The summed E-state index contributed by atoms with van der Waals surface area (Å²) in [6.45, 7) is 4.15. The highest BCUT2D eigenvalue weighted by Gasteiger charge is 2.22. The van der Waals surface area contributed by atoms with Crippen molar-refractivity contribution in [2.45, 2.75) is 20.3 Å². The van der Waals surface area contributed by atoms with Gasteiger partial charge in [-0.25, -0.2) is 0 Å². The molecule has 0 aliphatic heterocycles. The number of amides is 1. The Morgan fingerprint density at radius 1 is 1.17 bits per heavy atom. The molecule has 0 atom stereocenters. The number of hydrogen-bond acceptors (Lipinski definition) is 6. The number of rotatable bonds is 8. The van der Waals surface area contributed by atoms with Crippen LogP contribution in [-0.2, 0) is 6.42 Å². The monoisotopic (exact) mass is 429 g/mol. The maximum atomic E-state index is 12.9. The molecule has 1 N–H and O–H groups in total. The van der Waals surface area contributed by atoms with Gasteiger partial charge in [0.2, 0.25) is 0 Å². The van der Waals surface area contributed by atoms with E-state index in [-0.39, 0.29) is 30.3 Å². The average molecular weight is 429 g/mol. The third-order valence-corrected chi connectivity index (χ3v) is 6.11. The number of nitrogens with one attached hydrogen (secondary N) is 1. The second kappa shape index (κ2) is 9.00. The van der Waals surface area contributed by atoms with Crippen LogP contribution in [0.4, 0.5) is 5.69 Å². The Morgan fingerprint density at radius 2 is 1.80 bits per heavy atom. The lowest BCUT2D eigenvalue weighted by Gasteiger charge is -2.12. The average Bonchev–Trinajstić information content (AvgIpc) is 3.35. The van der Waals surface area contributed by atoms with Crippen molar-refractivity contribution in [1.82, 2.24) is 9.88 Å². The number of aromatic nitrogens is 1. The third kappa shape index (κ3) is 4.16. The van der Waals surface area contributed by atoms with Gasteiger partial charge in [0.05, 0.1) is 30.8 Å². The van der Waals surface area contributed by atoms with Gasteiger partial charge in [-0.2, -0.15) is 0 Å². The largest absolute Gasteiger partial charge is 0.493 e. The molecule has 1 amide bonds. The zero-order valence-electron chi connectivity index (χ0n) is 17.2. The lowest BCUT2D eigenvalue weighted by atomic mass is 10.1. The van der Waals surface area contributed by atoms with Crippen molar-refractivity contribution < 1.29 is 19.2 Å². The van der Waals surface area contributed by atoms with Crippen LogP contribution < -0.4 is 14.8 Å². The van der Waals surface area contributed by atoms with E-state index in [1.54, 1.807) is 17.4 Å². The first-order chi connectivity index (χ1) is 14.4. The number of carbonyl (C=O) groups is 1. The van der Waals surface area contributed by atoms with Crippen molar-refractivity contribution in [3.05, 3.63) is 68.3 Å². The maximum Gasteiger partial charge on any atom is 0.276 e. The minimum Gasteiger partial charge on any atom is -0.493 e. The molecule has 1 aromatic carbocycles. The molecule has 3 rings (SSSR count). The predicted octanol–water partition coefficient (Wildman–Crippen LogP) is 4.05. The Morgan fingerprint density at radius 3 is 2.40 bits per heavy atom. The summed E-state index contributed by atoms with van der Waals surface area (Å²) in [6.07, 6.45) is 4.08. The zero-order chi connectivity index (χ0) is 21.8. The lowest BCUT2D eigenvalue weighted by molar-refractivity contribution is -0.385. The van der Waals surface area contributed by atoms with Crippen LogP contribution in [0.3, 0.4) is 0 Å². The molecule has 2 heterocycles. The number of carbonyl (C=O) groups excluding carboxylic acids is 1. The molecule has 0 aliphatic carbocycles. The van der Waals surface area contributed by atoms with Crippen LogP contribution >= 0.6 is 11.3 Å². The van der Waals surface area contributed by atoms with E-state index in [0.29, 0.717) is 16.9 Å². The molecule has 8 nitrogen and oxygen atoms in total. The Kier molecular flexibility index (Phi) is 6.41. The summed E-state index contributed by atoms with van der Waals surface area (Å²) in [6, 6.07) is 6.73. The summed E-state index contributed by atoms with van der Waals surface area (Å²) in [5, 5.41) is 15.2. The van der Waals surface area contributed by atoms with Crippen molar-refractivity contribution in [2.75, 3.05) is 20.8 Å². The van der Waals surface area contributed by atoms with Crippen LogP contribution in [0.5, 0.6) is 11.5 Å². The van der Waals surface area contributed by atoms with Gasteiger partial charge in [0.1, 0.15) is 5.00 Å². The van der Waals surface area contributed by atoms with E-state index in [1.165, 1.54) is 20.3 Å². The molecule has 0 fully saturated rings. The molecule has 0 radical (unpaired) electrons. The Bertz CT molecular complexity index is 1070. The highest BCUT2D eigenvalue weighted by Crippen LogP contribution is 2.35. The topological polar surface area (TPSA) is 95.6 Å². The van der Waals surface area contributed by atoms with Gasteiger partial charge in [0.25, 0.3) is 11.6 Å². The van der Waals surface area contributed by atoms with E-state index >= 15 is 0 Å². The first-order valence-corrected chi connectivity index (χ1v) is 10.1. The first-order valence-electron chi connectivity index (χ1n) is 9.28. The Labute approximate surface area is 178 Å². The number of nitro groups is 1. The summed E-state index contributed by atoms with van der Waals surface area (Å²) in [5.41, 5.74) is 1.94. The highest BCUT2D eigenvalue weighted by molar-refractivity contribution is 7.15. The Balaban J connectivity index is 1.80. The molecule has 3 aromatic rings. The van der Waals surface area contributed by atoms with Gasteiger partial charge < -0.3 is 19.4 Å². The van der Waals surface area contributed by atoms with E-state index < -0.39 is 4.92 Å². The third-order valence-electron chi connectivity index (χ3n) is 4.89. The molecular formula is C21H23N3O5S. The zero-order valence-corrected chi connectivity index (χ0v) is 18.0. The molecule has 2 aromatic heterocycles. The number of benzene rings is 1. The lowest BCUT2D eigenvalue weighted by Crippen LogP contribution is -2.27. The number of nitrogens with zero attached hydrogens (tertiary/aromatic N) is 2. The Hall–Kier alpha value is -3.33. The second-order valence-corrected chi connectivity index (χ2v) is 7.86. The van der Waals surface area contributed by atoms with Gasteiger partial charge in [-0.1, -0.05) is 0 Å². The summed E-state index contributed by atoms with van der Waals surface area (Å²) >= 11 is 1.55. The molecule has 158 valence electrons. The fourth-order valence-corrected chi connectivity index (χ4v) is 4.33. The first kappa shape index (κ1) is 21.4.